The van der Waals surface area contributed by atoms with E-state index in [4.69, 9.17) is 4.74 Å². The number of hydrogen-bond acceptors (Lipinski definition) is 3. The summed E-state index contributed by atoms with van der Waals surface area (Å²) in [5.41, 5.74) is 0.967. The molecule has 118 valence electrons. The lowest BCUT2D eigenvalue weighted by Gasteiger charge is -2.42. The highest BCUT2D eigenvalue weighted by Gasteiger charge is 2.50. The molecule has 22 heavy (non-hydrogen) atoms. The zero-order chi connectivity index (χ0) is 15.7. The van der Waals surface area contributed by atoms with Gasteiger partial charge in [-0.3, -0.25) is 4.79 Å². The number of nitrogens with zero attached hydrogens (tertiary/aromatic N) is 2. The van der Waals surface area contributed by atoms with Crippen LogP contribution >= 0.6 is 0 Å². The summed E-state index contributed by atoms with van der Waals surface area (Å²) >= 11 is 0. The lowest BCUT2D eigenvalue weighted by molar-refractivity contribution is -0.131. The number of benzene rings is 1. The first-order valence-corrected chi connectivity index (χ1v) is 7.73. The average Bonchev–Trinajstić information content (AvgIpc) is 2.81. The topological polar surface area (TPSA) is 49.9 Å². The van der Waals surface area contributed by atoms with Crippen LogP contribution in [0, 0.1) is 0 Å². The van der Waals surface area contributed by atoms with Crippen molar-refractivity contribution < 1.29 is 14.3 Å². The molecule has 0 aliphatic carbocycles. The molecule has 3 rings (SSSR count). The Bertz CT molecular complexity index is 565. The maximum absolute atomic E-state index is 12.7. The Morgan fingerprint density at radius 1 is 1.23 bits per heavy atom. The minimum atomic E-state index is -0.276. The molecule has 1 atom stereocenters. The van der Waals surface area contributed by atoms with Gasteiger partial charge in [0.15, 0.2) is 0 Å². The number of carbonyl (C=O) groups excluding carboxylic acids is 2. The molecule has 1 aromatic rings. The summed E-state index contributed by atoms with van der Waals surface area (Å²) in [6.07, 6.45) is 2.18. The van der Waals surface area contributed by atoms with Crippen LogP contribution in [0.3, 0.4) is 0 Å². The zero-order valence-corrected chi connectivity index (χ0v) is 13.1. The molecule has 1 spiro atoms. The van der Waals surface area contributed by atoms with Crippen LogP contribution in [0.25, 0.3) is 0 Å². The van der Waals surface area contributed by atoms with Gasteiger partial charge in [-0.15, -0.1) is 0 Å². The quantitative estimate of drug-likeness (QED) is 0.799. The van der Waals surface area contributed by atoms with Crippen LogP contribution in [0.2, 0.25) is 0 Å². The molecule has 2 heterocycles. The van der Waals surface area contributed by atoms with Crippen LogP contribution < -0.4 is 0 Å². The number of likely N-dealkylation sites (N-methyl/N-ethyl adjacent to an activating group) is 1. The molecule has 1 aromatic carbocycles. The summed E-state index contributed by atoms with van der Waals surface area (Å²) in [6.45, 7) is 1.29. The van der Waals surface area contributed by atoms with E-state index in [2.05, 4.69) is 0 Å². The number of amides is 2. The first-order chi connectivity index (χ1) is 10.6. The fourth-order valence-electron chi connectivity index (χ4n) is 3.79. The molecule has 2 aliphatic heterocycles. The minimum absolute atomic E-state index is 0.0594. The second kappa shape index (κ2) is 5.63. The van der Waals surface area contributed by atoms with Gasteiger partial charge in [-0.1, -0.05) is 30.3 Å². The monoisotopic (exact) mass is 302 g/mol. The summed E-state index contributed by atoms with van der Waals surface area (Å²) < 4.78 is 4.79. The van der Waals surface area contributed by atoms with Crippen molar-refractivity contribution in [2.45, 2.75) is 30.7 Å². The largest absolute Gasteiger partial charge is 0.453 e. The van der Waals surface area contributed by atoms with Crippen LogP contribution in [-0.2, 0) is 9.53 Å². The molecule has 5 nitrogen and oxygen atoms in total. The van der Waals surface area contributed by atoms with Gasteiger partial charge in [0, 0.05) is 25.7 Å². The van der Waals surface area contributed by atoms with Crippen molar-refractivity contribution in [2.24, 2.45) is 0 Å². The standard InChI is InChI=1S/C17H22N2O3/c1-18-15(20)14(13-6-4-3-5-7-13)12-17(18)8-10-19(11-9-17)16(21)22-2/h3-7,14H,8-12H2,1-2H3. The third-order valence-corrected chi connectivity index (χ3v) is 5.25. The maximum atomic E-state index is 12.7. The Kier molecular flexibility index (Phi) is 3.81. The molecule has 5 heteroatoms. The Hall–Kier alpha value is -2.04. The van der Waals surface area contributed by atoms with Crippen molar-refractivity contribution >= 4 is 12.0 Å². The van der Waals surface area contributed by atoms with Crippen molar-refractivity contribution in [3.05, 3.63) is 35.9 Å². The fraction of sp³-hybridized carbons (Fsp3) is 0.529. The summed E-state index contributed by atoms with van der Waals surface area (Å²) in [4.78, 5) is 27.9. The van der Waals surface area contributed by atoms with E-state index in [1.54, 1.807) is 4.90 Å². The number of carbonyl (C=O) groups is 2. The van der Waals surface area contributed by atoms with Crippen molar-refractivity contribution in [3.8, 4) is 0 Å². The van der Waals surface area contributed by atoms with Gasteiger partial charge in [0.25, 0.3) is 0 Å². The first kappa shape index (κ1) is 14.9. The Morgan fingerprint density at radius 2 is 1.86 bits per heavy atom. The average molecular weight is 302 g/mol. The number of ether oxygens (including phenoxy) is 1. The van der Waals surface area contributed by atoms with Crippen molar-refractivity contribution in [1.82, 2.24) is 9.80 Å². The summed E-state index contributed by atoms with van der Waals surface area (Å²) in [7, 11) is 3.31. The van der Waals surface area contributed by atoms with Crippen molar-refractivity contribution in [2.75, 3.05) is 27.2 Å². The van der Waals surface area contributed by atoms with E-state index in [9.17, 15) is 9.59 Å². The highest BCUT2D eigenvalue weighted by molar-refractivity contribution is 5.87. The molecule has 2 saturated heterocycles. The molecular formula is C17H22N2O3. The van der Waals surface area contributed by atoms with Crippen LogP contribution in [0.1, 0.15) is 30.7 Å². The molecule has 0 bridgehead atoms. The van der Waals surface area contributed by atoms with E-state index in [-0.39, 0.29) is 23.5 Å². The van der Waals surface area contributed by atoms with Crippen LogP contribution in [0.15, 0.2) is 30.3 Å². The van der Waals surface area contributed by atoms with Gasteiger partial charge in [0.1, 0.15) is 0 Å². The number of likely N-dealkylation sites (tertiary alicyclic amines) is 2. The molecule has 0 aromatic heterocycles. The van der Waals surface area contributed by atoms with Crippen LogP contribution in [0.5, 0.6) is 0 Å². The van der Waals surface area contributed by atoms with E-state index < -0.39 is 0 Å². The number of hydrogen-bond donors (Lipinski definition) is 0. The Morgan fingerprint density at radius 3 is 2.45 bits per heavy atom. The van der Waals surface area contributed by atoms with Gasteiger partial charge in [0.2, 0.25) is 5.91 Å². The predicted molar refractivity (Wildman–Crippen MR) is 82.5 cm³/mol. The molecular weight excluding hydrogens is 280 g/mol. The van der Waals surface area contributed by atoms with E-state index in [1.807, 2.05) is 42.3 Å². The Balaban J connectivity index is 1.76. The second-order valence-corrected chi connectivity index (χ2v) is 6.25. The normalized spacial score (nSPS) is 23.9. The van der Waals surface area contributed by atoms with Crippen LogP contribution in [-0.4, -0.2) is 54.6 Å². The number of rotatable bonds is 1. The minimum Gasteiger partial charge on any atom is -0.453 e. The van der Waals surface area contributed by atoms with Gasteiger partial charge in [-0.05, 0) is 24.8 Å². The molecule has 2 aliphatic rings. The van der Waals surface area contributed by atoms with Crippen molar-refractivity contribution in [1.29, 1.82) is 0 Å². The van der Waals surface area contributed by atoms with Gasteiger partial charge in [-0.2, -0.15) is 0 Å². The third kappa shape index (κ3) is 2.34. The van der Waals surface area contributed by atoms with E-state index >= 15 is 0 Å². The predicted octanol–water partition coefficient (Wildman–Crippen LogP) is 2.23. The fourth-order valence-corrected chi connectivity index (χ4v) is 3.79. The van der Waals surface area contributed by atoms with Crippen LogP contribution in [0.4, 0.5) is 4.79 Å². The van der Waals surface area contributed by atoms with E-state index in [0.717, 1.165) is 24.8 Å². The number of methoxy groups -OCH3 is 1. The maximum Gasteiger partial charge on any atom is 0.409 e. The summed E-state index contributed by atoms with van der Waals surface area (Å²) in [5, 5.41) is 0. The Labute approximate surface area is 130 Å². The lowest BCUT2D eigenvalue weighted by atomic mass is 9.81. The molecule has 2 amide bonds. The zero-order valence-electron chi connectivity index (χ0n) is 13.1. The van der Waals surface area contributed by atoms with Crippen molar-refractivity contribution in [3.63, 3.8) is 0 Å². The first-order valence-electron chi connectivity index (χ1n) is 7.73. The second-order valence-electron chi connectivity index (χ2n) is 6.25. The summed E-state index contributed by atoms with van der Waals surface area (Å²) in [6, 6.07) is 9.98. The third-order valence-electron chi connectivity index (χ3n) is 5.25. The van der Waals surface area contributed by atoms with Gasteiger partial charge < -0.3 is 14.5 Å². The molecule has 0 N–H and O–H groups in total. The smallest absolute Gasteiger partial charge is 0.409 e. The number of piperidine rings is 1. The SMILES string of the molecule is COC(=O)N1CCC2(CC1)CC(c1ccccc1)C(=O)N2C. The lowest BCUT2D eigenvalue weighted by Crippen LogP contribution is -2.52. The van der Waals surface area contributed by atoms with Gasteiger partial charge in [0.05, 0.1) is 13.0 Å². The van der Waals surface area contributed by atoms with Gasteiger partial charge in [-0.25, -0.2) is 4.79 Å². The molecule has 2 fully saturated rings. The van der Waals surface area contributed by atoms with E-state index in [1.165, 1.54) is 7.11 Å². The summed E-state index contributed by atoms with van der Waals surface area (Å²) in [5.74, 6) is 0.133. The highest BCUT2D eigenvalue weighted by Crippen LogP contribution is 2.44. The highest BCUT2D eigenvalue weighted by atomic mass is 16.5. The van der Waals surface area contributed by atoms with Gasteiger partial charge >= 0.3 is 6.09 Å². The van der Waals surface area contributed by atoms with E-state index in [0.29, 0.717) is 13.1 Å². The molecule has 0 saturated carbocycles. The molecule has 0 radical (unpaired) electrons. The molecule has 1 unspecified atom stereocenters.